The number of aliphatic hydroxyl groups is 1. The molecule has 2 N–H and O–H groups in total. The van der Waals surface area contributed by atoms with Crippen LogP contribution in [0, 0.1) is 0 Å². The molecular weight excluding hydrogens is 558 g/mol. The van der Waals surface area contributed by atoms with E-state index in [4.69, 9.17) is 20.9 Å². The van der Waals surface area contributed by atoms with E-state index in [1.54, 1.807) is 36.4 Å². The van der Waals surface area contributed by atoms with Gasteiger partial charge in [-0.1, -0.05) is 28.9 Å². The Morgan fingerprint density at radius 3 is 2.73 bits per heavy atom. The van der Waals surface area contributed by atoms with Gasteiger partial charge in [-0.3, -0.25) is 14.4 Å². The van der Waals surface area contributed by atoms with Crippen LogP contribution in [0.25, 0.3) is 11.3 Å². The predicted molar refractivity (Wildman–Crippen MR) is 148 cm³/mol. The number of hydrogen-bond acceptors (Lipinski definition) is 10. The van der Waals surface area contributed by atoms with Crippen LogP contribution >= 0.6 is 22.9 Å². The van der Waals surface area contributed by atoms with Crippen molar-refractivity contribution >= 4 is 40.4 Å². The van der Waals surface area contributed by atoms with E-state index >= 15 is 0 Å². The molecule has 0 bridgehead atoms. The van der Waals surface area contributed by atoms with E-state index in [1.165, 1.54) is 47.5 Å². The van der Waals surface area contributed by atoms with Gasteiger partial charge in [-0.25, -0.2) is 0 Å². The number of nitrogens with zero attached hydrogens (tertiary/aromatic N) is 4. The van der Waals surface area contributed by atoms with E-state index in [-0.39, 0.29) is 30.2 Å². The molecule has 0 amide bonds. The number of ketones is 1. The molecule has 4 aromatic heterocycles. The van der Waals surface area contributed by atoms with Crippen molar-refractivity contribution in [2.24, 2.45) is 0 Å². The highest BCUT2D eigenvalue weighted by Crippen LogP contribution is 2.26. The molecule has 204 valence electrons. The number of Topliss-reactive ketones (excluding diaryl/α,β-unsaturated/α-hetero) is 1. The van der Waals surface area contributed by atoms with Crippen molar-refractivity contribution in [2.45, 2.75) is 19.7 Å². The minimum Gasteiger partial charge on any atom is -0.495 e. The highest BCUT2D eigenvalue weighted by Gasteiger charge is 2.21. The molecule has 0 radical (unpaired) electrons. The van der Waals surface area contributed by atoms with Gasteiger partial charge >= 0.3 is 0 Å². The van der Waals surface area contributed by atoms with Crippen molar-refractivity contribution < 1.29 is 24.0 Å². The summed E-state index contributed by atoms with van der Waals surface area (Å²) in [5, 5.41) is 20.7. The average Bonchev–Trinajstić information content (AvgIpc) is 3.74. The highest BCUT2D eigenvalue weighted by molar-refractivity contribution is 7.16. The van der Waals surface area contributed by atoms with E-state index in [0.29, 0.717) is 33.6 Å². The lowest BCUT2D eigenvalue weighted by atomic mass is 10.1. The van der Waals surface area contributed by atoms with Crippen LogP contribution in [-0.4, -0.2) is 43.4 Å². The fourth-order valence-electron chi connectivity index (χ4n) is 3.96. The predicted octanol–water partition coefficient (Wildman–Crippen LogP) is 4.10. The number of carbonyl (C=O) groups is 2. The van der Waals surface area contributed by atoms with Gasteiger partial charge in [0.2, 0.25) is 11.5 Å². The van der Waals surface area contributed by atoms with Crippen LogP contribution in [0.1, 0.15) is 31.4 Å². The van der Waals surface area contributed by atoms with Crippen molar-refractivity contribution in [3.05, 3.63) is 103 Å². The van der Waals surface area contributed by atoms with E-state index in [2.05, 4.69) is 15.6 Å². The van der Waals surface area contributed by atoms with Gasteiger partial charge in [0.05, 0.1) is 42.9 Å². The third-order valence-electron chi connectivity index (χ3n) is 5.93. The summed E-state index contributed by atoms with van der Waals surface area (Å²) in [5.74, 6) is -0.293. The monoisotopic (exact) mass is 579 g/mol. The topological polar surface area (TPSA) is 141 Å². The smallest absolute Gasteiger partial charge is 0.280 e. The second-order valence-electron chi connectivity index (χ2n) is 8.58. The SMILES string of the molecule is COc1cc(-c2cc(NCc3ccc(Cl)s3)n(C(=O)c3cccc(CO)c3)n2)c(=O)n(CC(=O)c2ccno2)c1. The van der Waals surface area contributed by atoms with Crippen molar-refractivity contribution in [1.29, 1.82) is 0 Å². The van der Waals surface area contributed by atoms with Gasteiger partial charge in [0.1, 0.15) is 17.3 Å². The van der Waals surface area contributed by atoms with Crippen molar-refractivity contribution in [3.8, 4) is 17.0 Å². The van der Waals surface area contributed by atoms with Crippen LogP contribution in [0.4, 0.5) is 5.82 Å². The molecule has 0 aliphatic heterocycles. The summed E-state index contributed by atoms with van der Waals surface area (Å²) in [7, 11) is 1.43. The Bertz CT molecular complexity index is 1740. The minimum absolute atomic E-state index is 0.0106. The molecule has 0 unspecified atom stereocenters. The molecule has 4 heterocycles. The van der Waals surface area contributed by atoms with Crippen LogP contribution < -0.4 is 15.6 Å². The van der Waals surface area contributed by atoms with Gasteiger partial charge in [0.15, 0.2) is 0 Å². The van der Waals surface area contributed by atoms with Crippen molar-refractivity contribution in [1.82, 2.24) is 19.5 Å². The van der Waals surface area contributed by atoms with Gasteiger partial charge in [0.25, 0.3) is 11.5 Å². The van der Waals surface area contributed by atoms with Gasteiger partial charge in [-0.15, -0.1) is 11.3 Å². The first-order valence-electron chi connectivity index (χ1n) is 11.9. The molecular formula is C27H22ClN5O6S. The Kier molecular flexibility index (Phi) is 7.91. The Balaban J connectivity index is 1.56. The lowest BCUT2D eigenvalue weighted by molar-refractivity contribution is 0.0931. The van der Waals surface area contributed by atoms with Crippen LogP contribution in [0.15, 0.2) is 76.3 Å². The molecule has 0 aliphatic rings. The molecule has 5 aromatic rings. The summed E-state index contributed by atoms with van der Waals surface area (Å²) < 4.78 is 13.3. The third kappa shape index (κ3) is 5.73. The van der Waals surface area contributed by atoms with Crippen LogP contribution in [0.2, 0.25) is 4.34 Å². The highest BCUT2D eigenvalue weighted by atomic mass is 35.5. The fraction of sp³-hybridized carbons (Fsp3) is 0.148. The summed E-state index contributed by atoms with van der Waals surface area (Å²) in [6.45, 7) is -0.206. The second kappa shape index (κ2) is 11.7. The number of benzene rings is 1. The number of carbonyl (C=O) groups excluding carboxylic acids is 2. The Morgan fingerprint density at radius 2 is 2.02 bits per heavy atom. The maximum absolute atomic E-state index is 13.5. The first-order chi connectivity index (χ1) is 19.4. The molecule has 13 heteroatoms. The molecule has 1 aromatic carbocycles. The maximum Gasteiger partial charge on any atom is 0.280 e. The van der Waals surface area contributed by atoms with Gasteiger partial charge < -0.3 is 24.3 Å². The van der Waals surface area contributed by atoms with E-state index in [0.717, 1.165) is 9.56 Å². The quantitative estimate of drug-likeness (QED) is 0.234. The number of anilines is 1. The minimum atomic E-state index is -0.523. The molecule has 0 fully saturated rings. The maximum atomic E-state index is 13.5. The largest absolute Gasteiger partial charge is 0.495 e. The molecule has 11 nitrogen and oxygen atoms in total. The number of pyridine rings is 1. The first-order valence-corrected chi connectivity index (χ1v) is 13.1. The Labute approximate surface area is 236 Å². The molecule has 5 rings (SSSR count). The number of nitrogens with one attached hydrogen (secondary N) is 1. The fourth-order valence-corrected chi connectivity index (χ4v) is 4.98. The van der Waals surface area contributed by atoms with E-state index < -0.39 is 17.2 Å². The lowest BCUT2D eigenvalue weighted by Gasteiger charge is -2.09. The standard InChI is InChI=1S/C27H22ClN5O6S/c1-38-18-10-20(27(37)32(13-18)14-22(35)23-7-8-30-39-23)21-11-25(29-12-19-5-6-24(28)40-19)33(31-21)26(36)17-4-2-3-16(9-17)15-34/h2-11,13,29,34H,12,14-15H2,1H3. The number of methoxy groups -OCH3 is 1. The summed E-state index contributed by atoms with van der Waals surface area (Å²) in [5.41, 5.74) is 0.632. The zero-order valence-corrected chi connectivity index (χ0v) is 22.6. The Hall–Kier alpha value is -4.52. The van der Waals surface area contributed by atoms with Crippen molar-refractivity contribution in [2.75, 3.05) is 12.4 Å². The number of halogens is 1. The molecule has 0 saturated carbocycles. The van der Waals surface area contributed by atoms with Gasteiger partial charge in [0, 0.05) is 28.8 Å². The summed E-state index contributed by atoms with van der Waals surface area (Å²) in [6.07, 6.45) is 2.74. The van der Waals surface area contributed by atoms with E-state index in [9.17, 15) is 19.5 Å². The average molecular weight is 580 g/mol. The van der Waals surface area contributed by atoms with E-state index in [1.807, 2.05) is 6.07 Å². The third-order valence-corrected chi connectivity index (χ3v) is 7.16. The molecule has 0 atom stereocenters. The zero-order valence-electron chi connectivity index (χ0n) is 21.0. The van der Waals surface area contributed by atoms with Gasteiger partial charge in [-0.2, -0.15) is 9.78 Å². The zero-order chi connectivity index (χ0) is 28.2. The summed E-state index contributed by atoms with van der Waals surface area (Å²) in [6, 6.07) is 14.6. The van der Waals surface area contributed by atoms with Crippen molar-refractivity contribution in [3.63, 3.8) is 0 Å². The molecule has 40 heavy (non-hydrogen) atoms. The number of thiophene rings is 1. The normalized spacial score (nSPS) is 11.0. The number of rotatable bonds is 10. The number of hydrogen-bond donors (Lipinski definition) is 2. The number of aromatic nitrogens is 4. The summed E-state index contributed by atoms with van der Waals surface area (Å²) >= 11 is 7.45. The Morgan fingerprint density at radius 1 is 1.18 bits per heavy atom. The van der Waals surface area contributed by atoms with Crippen LogP contribution in [0.5, 0.6) is 5.75 Å². The summed E-state index contributed by atoms with van der Waals surface area (Å²) in [4.78, 5) is 40.6. The lowest BCUT2D eigenvalue weighted by Crippen LogP contribution is -2.25. The van der Waals surface area contributed by atoms with Crippen LogP contribution in [-0.2, 0) is 19.7 Å². The molecule has 0 spiro atoms. The number of aliphatic hydroxyl groups excluding tert-OH is 1. The second-order valence-corrected chi connectivity index (χ2v) is 10.4. The number of ether oxygens (including phenoxy) is 1. The first kappa shape index (κ1) is 27.1. The van der Waals surface area contributed by atoms with Gasteiger partial charge in [-0.05, 0) is 35.9 Å². The van der Waals surface area contributed by atoms with Crippen LogP contribution in [0.3, 0.4) is 0 Å². The molecule has 0 aliphatic carbocycles. The molecule has 0 saturated heterocycles.